The van der Waals surface area contributed by atoms with Crippen LogP contribution in [-0.4, -0.2) is 23.7 Å². The van der Waals surface area contributed by atoms with E-state index in [1.807, 2.05) is 18.2 Å². The molecule has 4 heteroatoms. The lowest BCUT2D eigenvalue weighted by Crippen LogP contribution is -2.52. The Bertz CT molecular complexity index is 1020. The van der Waals surface area contributed by atoms with Gasteiger partial charge in [0.2, 0.25) is 5.91 Å². The van der Waals surface area contributed by atoms with Crippen molar-refractivity contribution in [3.8, 4) is 5.75 Å². The lowest BCUT2D eigenvalue weighted by atomic mass is 9.52. The Hall–Kier alpha value is -2.33. The fraction of sp³-hybridized carbons (Fsp3) is 0.519. The Morgan fingerprint density at radius 3 is 2.74 bits per heavy atom. The van der Waals surface area contributed by atoms with E-state index < -0.39 is 11.5 Å². The van der Waals surface area contributed by atoms with Crippen LogP contribution >= 0.6 is 0 Å². The van der Waals surface area contributed by atoms with Crippen LogP contribution < -0.4 is 10.5 Å². The van der Waals surface area contributed by atoms with E-state index >= 15 is 0 Å². The van der Waals surface area contributed by atoms with Gasteiger partial charge in [-0.25, -0.2) is 0 Å². The maximum atomic E-state index is 12.0. The number of rotatable bonds is 4. The number of carbonyl (C=O) groups excluding carboxylic acids is 1. The van der Waals surface area contributed by atoms with Gasteiger partial charge in [-0.15, -0.1) is 0 Å². The first-order valence-electron chi connectivity index (χ1n) is 11.6. The molecule has 0 heterocycles. The Balaban J connectivity index is 1.44. The van der Waals surface area contributed by atoms with Gasteiger partial charge >= 0.3 is 0 Å². The SMILES string of the molecule is COc1ccc2c(c1)CCC1C2CC[C@]2(C)C1CC[C@]2(O)Cc1ccccc1C(N)=O. The number of amides is 1. The number of nitrogens with two attached hydrogens (primary N) is 1. The zero-order valence-electron chi connectivity index (χ0n) is 18.6. The number of ether oxygens (including phenoxy) is 1. The Labute approximate surface area is 184 Å². The van der Waals surface area contributed by atoms with E-state index in [-0.39, 0.29) is 5.41 Å². The number of aryl methyl sites for hydroxylation is 1. The highest BCUT2D eigenvalue weighted by molar-refractivity contribution is 5.94. The summed E-state index contributed by atoms with van der Waals surface area (Å²) >= 11 is 0. The summed E-state index contributed by atoms with van der Waals surface area (Å²) in [5.74, 6) is 2.23. The van der Waals surface area contributed by atoms with Crippen LogP contribution in [0.2, 0.25) is 0 Å². The van der Waals surface area contributed by atoms with Crippen molar-refractivity contribution in [2.75, 3.05) is 7.11 Å². The fourth-order valence-corrected chi connectivity index (χ4v) is 7.32. The van der Waals surface area contributed by atoms with Crippen molar-refractivity contribution in [3.63, 3.8) is 0 Å². The molecular formula is C27H33NO3. The summed E-state index contributed by atoms with van der Waals surface area (Å²) in [7, 11) is 1.73. The van der Waals surface area contributed by atoms with Gasteiger partial charge in [0.25, 0.3) is 0 Å². The van der Waals surface area contributed by atoms with Crippen LogP contribution in [0.3, 0.4) is 0 Å². The van der Waals surface area contributed by atoms with E-state index in [1.54, 1.807) is 13.2 Å². The lowest BCUT2D eigenvalue weighted by molar-refractivity contribution is -0.102. The number of benzene rings is 2. The van der Waals surface area contributed by atoms with Crippen LogP contribution in [0.15, 0.2) is 42.5 Å². The molecule has 0 bridgehead atoms. The molecule has 1 amide bonds. The molecular weight excluding hydrogens is 386 g/mol. The van der Waals surface area contributed by atoms with E-state index in [0.717, 1.165) is 43.4 Å². The van der Waals surface area contributed by atoms with Gasteiger partial charge < -0.3 is 15.6 Å². The number of methoxy groups -OCH3 is 1. The van der Waals surface area contributed by atoms with Crippen molar-refractivity contribution >= 4 is 5.91 Å². The topological polar surface area (TPSA) is 72.6 Å². The van der Waals surface area contributed by atoms with Crippen molar-refractivity contribution in [2.24, 2.45) is 23.0 Å². The van der Waals surface area contributed by atoms with Crippen molar-refractivity contribution < 1.29 is 14.6 Å². The molecule has 0 saturated heterocycles. The molecule has 2 fully saturated rings. The molecule has 2 aromatic rings. The van der Waals surface area contributed by atoms with E-state index in [1.165, 1.54) is 17.5 Å². The predicted octanol–water partition coefficient (Wildman–Crippen LogP) is 4.62. The lowest BCUT2D eigenvalue weighted by Gasteiger charge is -2.53. The van der Waals surface area contributed by atoms with E-state index in [2.05, 4.69) is 25.1 Å². The molecule has 0 spiro atoms. The van der Waals surface area contributed by atoms with Gasteiger partial charge in [0, 0.05) is 12.0 Å². The maximum absolute atomic E-state index is 12.0. The number of hydrogen-bond acceptors (Lipinski definition) is 3. The zero-order chi connectivity index (χ0) is 21.8. The number of fused-ring (bicyclic) bond motifs is 5. The molecule has 3 aliphatic carbocycles. The molecule has 0 radical (unpaired) electrons. The van der Waals surface area contributed by atoms with Crippen molar-refractivity contribution in [3.05, 3.63) is 64.7 Å². The molecule has 2 saturated carbocycles. The van der Waals surface area contributed by atoms with E-state index in [0.29, 0.717) is 29.7 Å². The van der Waals surface area contributed by atoms with Crippen LogP contribution in [-0.2, 0) is 12.8 Å². The first kappa shape index (κ1) is 20.6. The van der Waals surface area contributed by atoms with E-state index in [4.69, 9.17) is 10.5 Å². The number of hydrogen-bond donors (Lipinski definition) is 2. The van der Waals surface area contributed by atoms with Crippen LogP contribution in [0, 0.1) is 17.3 Å². The van der Waals surface area contributed by atoms with Gasteiger partial charge in [0.15, 0.2) is 0 Å². The highest BCUT2D eigenvalue weighted by Crippen LogP contribution is 2.65. The average Bonchev–Trinajstić information content (AvgIpc) is 3.03. The van der Waals surface area contributed by atoms with E-state index in [9.17, 15) is 9.90 Å². The second-order valence-corrected chi connectivity index (χ2v) is 10.2. The highest BCUT2D eigenvalue weighted by atomic mass is 16.5. The molecule has 5 rings (SSSR count). The standard InChI is InChI=1S/C27H33NO3/c1-26-13-11-22-20-10-8-19(31-2)15-17(20)7-9-23(22)24(26)12-14-27(26,30)16-18-5-3-4-6-21(18)25(28)29/h3-6,8,10,15,22-24,30H,7,9,11-14,16H2,1-2H3,(H2,28,29)/t22?,23?,24?,26-,27+/m1/s1. The zero-order valence-corrected chi connectivity index (χ0v) is 18.6. The fourth-order valence-electron chi connectivity index (χ4n) is 7.32. The molecule has 0 aliphatic heterocycles. The molecule has 164 valence electrons. The maximum Gasteiger partial charge on any atom is 0.248 e. The molecule has 2 aromatic carbocycles. The number of primary amides is 1. The van der Waals surface area contributed by atoms with Crippen LogP contribution in [0.4, 0.5) is 0 Å². The molecule has 31 heavy (non-hydrogen) atoms. The van der Waals surface area contributed by atoms with Crippen molar-refractivity contribution in [2.45, 2.75) is 63.4 Å². The Morgan fingerprint density at radius 2 is 1.97 bits per heavy atom. The molecule has 3 N–H and O–H groups in total. The third-order valence-electron chi connectivity index (χ3n) is 9.02. The van der Waals surface area contributed by atoms with Gasteiger partial charge in [0.05, 0.1) is 12.7 Å². The van der Waals surface area contributed by atoms with Crippen LogP contribution in [0.25, 0.3) is 0 Å². The first-order valence-corrected chi connectivity index (χ1v) is 11.6. The molecule has 3 aliphatic rings. The molecule has 3 unspecified atom stereocenters. The third kappa shape index (κ3) is 3.10. The van der Waals surface area contributed by atoms with Crippen LogP contribution in [0.1, 0.15) is 72.0 Å². The van der Waals surface area contributed by atoms with Crippen molar-refractivity contribution in [1.29, 1.82) is 0 Å². The molecule has 5 atom stereocenters. The highest BCUT2D eigenvalue weighted by Gasteiger charge is 2.61. The summed E-state index contributed by atoms with van der Waals surface area (Å²) < 4.78 is 5.45. The summed E-state index contributed by atoms with van der Waals surface area (Å²) in [4.78, 5) is 11.9. The number of aliphatic hydroxyl groups is 1. The molecule has 0 aromatic heterocycles. The Kier molecular flexibility index (Phi) is 4.89. The summed E-state index contributed by atoms with van der Waals surface area (Å²) in [5.41, 5.74) is 9.04. The van der Waals surface area contributed by atoms with Crippen LogP contribution in [0.5, 0.6) is 5.75 Å². The minimum absolute atomic E-state index is 0.136. The minimum Gasteiger partial charge on any atom is -0.497 e. The van der Waals surface area contributed by atoms with Crippen molar-refractivity contribution in [1.82, 2.24) is 0 Å². The van der Waals surface area contributed by atoms with Gasteiger partial charge in [-0.2, -0.15) is 0 Å². The second-order valence-electron chi connectivity index (χ2n) is 10.2. The normalized spacial score (nSPS) is 33.8. The largest absolute Gasteiger partial charge is 0.497 e. The smallest absolute Gasteiger partial charge is 0.248 e. The quantitative estimate of drug-likeness (QED) is 0.759. The molecule has 4 nitrogen and oxygen atoms in total. The van der Waals surface area contributed by atoms with Gasteiger partial charge in [-0.1, -0.05) is 31.2 Å². The summed E-state index contributed by atoms with van der Waals surface area (Å²) in [6.45, 7) is 2.30. The predicted molar refractivity (Wildman–Crippen MR) is 121 cm³/mol. The average molecular weight is 420 g/mol. The minimum atomic E-state index is -0.797. The summed E-state index contributed by atoms with van der Waals surface area (Å²) in [6.07, 6.45) is 6.74. The Morgan fingerprint density at radius 1 is 1.16 bits per heavy atom. The van der Waals surface area contributed by atoms with Gasteiger partial charge in [-0.3, -0.25) is 4.79 Å². The monoisotopic (exact) mass is 419 g/mol. The first-order chi connectivity index (χ1) is 14.9. The third-order valence-corrected chi connectivity index (χ3v) is 9.02. The number of carbonyl (C=O) groups is 1. The summed E-state index contributed by atoms with van der Waals surface area (Å²) in [6, 6.07) is 14.1. The van der Waals surface area contributed by atoms with Gasteiger partial charge in [-0.05, 0) is 96.6 Å². The van der Waals surface area contributed by atoms with Gasteiger partial charge in [0.1, 0.15) is 5.75 Å². The summed E-state index contributed by atoms with van der Waals surface area (Å²) in [5, 5.41) is 12.0. The second kappa shape index (κ2) is 7.37.